The Bertz CT molecular complexity index is 1520. The molecule has 0 aliphatic rings. The van der Waals surface area contributed by atoms with Gasteiger partial charge in [0.2, 0.25) is 5.78 Å². The molecule has 0 atom stereocenters. The van der Waals surface area contributed by atoms with Crippen LogP contribution in [0.4, 0.5) is 4.39 Å². The molecule has 0 spiro atoms. The van der Waals surface area contributed by atoms with Gasteiger partial charge < -0.3 is 5.32 Å². The normalized spacial score (nSPS) is 11.6. The number of amides is 1. The molecule has 10 heteroatoms. The Hall–Kier alpha value is -3.46. The van der Waals surface area contributed by atoms with Crippen molar-refractivity contribution >= 4 is 34.2 Å². The van der Waals surface area contributed by atoms with Gasteiger partial charge in [-0.15, -0.1) is 5.10 Å². The third-order valence-corrected chi connectivity index (χ3v) is 5.85. The van der Waals surface area contributed by atoms with Gasteiger partial charge in [0, 0.05) is 23.7 Å². The fourth-order valence-electron chi connectivity index (χ4n) is 3.80. The van der Waals surface area contributed by atoms with Crippen molar-refractivity contribution in [3.63, 3.8) is 0 Å². The van der Waals surface area contributed by atoms with Gasteiger partial charge in [-0.1, -0.05) is 38.4 Å². The van der Waals surface area contributed by atoms with E-state index in [1.165, 1.54) is 37.9 Å². The lowest BCUT2D eigenvalue weighted by atomic mass is 10.1. The van der Waals surface area contributed by atoms with Gasteiger partial charge in [0.15, 0.2) is 0 Å². The van der Waals surface area contributed by atoms with Crippen LogP contribution >= 0.6 is 11.6 Å². The highest BCUT2D eigenvalue weighted by molar-refractivity contribution is 6.31. The van der Waals surface area contributed by atoms with Gasteiger partial charge in [0.1, 0.15) is 5.82 Å². The molecule has 0 fully saturated rings. The fourth-order valence-corrected chi connectivity index (χ4v) is 4.02. The summed E-state index contributed by atoms with van der Waals surface area (Å²) in [5.41, 5.74) is 0.353. The number of nitrogens with zero attached hydrogens (tertiary/aromatic N) is 4. The maximum Gasteiger partial charge on any atom is 0.352 e. The van der Waals surface area contributed by atoms with Gasteiger partial charge in [-0.3, -0.25) is 14.2 Å². The van der Waals surface area contributed by atoms with Crippen molar-refractivity contribution in [2.24, 2.45) is 5.92 Å². The molecule has 4 aromatic rings. The van der Waals surface area contributed by atoms with E-state index in [9.17, 15) is 18.8 Å². The number of hydrogen-bond acceptors (Lipinski definition) is 4. The number of aromatic nitrogens is 4. The Morgan fingerprint density at radius 2 is 1.94 bits per heavy atom. The average molecular weight is 486 g/mol. The molecule has 0 bridgehead atoms. The Morgan fingerprint density at radius 1 is 1.18 bits per heavy atom. The summed E-state index contributed by atoms with van der Waals surface area (Å²) in [5, 5.41) is 7.74. The van der Waals surface area contributed by atoms with Gasteiger partial charge in [0.25, 0.3) is 11.5 Å². The lowest BCUT2D eigenvalue weighted by molar-refractivity contribution is 0.0949. The maximum absolute atomic E-state index is 13.4. The molecule has 0 aliphatic carbocycles. The first-order valence-electron chi connectivity index (χ1n) is 11.1. The van der Waals surface area contributed by atoms with Crippen LogP contribution in [0.1, 0.15) is 43.1 Å². The topological polar surface area (TPSA) is 90.4 Å². The van der Waals surface area contributed by atoms with Crippen LogP contribution in [0.15, 0.2) is 46.0 Å². The van der Waals surface area contributed by atoms with E-state index in [1.54, 1.807) is 12.1 Å². The summed E-state index contributed by atoms with van der Waals surface area (Å²) in [4.78, 5) is 39.3. The van der Waals surface area contributed by atoms with Gasteiger partial charge in [0.05, 0.1) is 17.4 Å². The van der Waals surface area contributed by atoms with E-state index in [4.69, 9.17) is 11.6 Å². The smallest absolute Gasteiger partial charge is 0.352 e. The molecule has 8 nitrogen and oxygen atoms in total. The van der Waals surface area contributed by atoms with Crippen molar-refractivity contribution in [2.75, 3.05) is 6.54 Å². The minimum absolute atomic E-state index is 0.00397. The number of fused-ring (bicyclic) bond motifs is 3. The minimum Gasteiger partial charge on any atom is -0.352 e. The quantitative estimate of drug-likeness (QED) is 0.434. The third kappa shape index (κ3) is 4.35. The van der Waals surface area contributed by atoms with E-state index >= 15 is 0 Å². The molecular formula is C24H25ClFN5O3. The zero-order valence-corrected chi connectivity index (χ0v) is 19.9. The molecule has 4 rings (SSSR count). The summed E-state index contributed by atoms with van der Waals surface area (Å²) in [6.45, 7) is 6.76. The predicted molar refractivity (Wildman–Crippen MR) is 129 cm³/mol. The summed E-state index contributed by atoms with van der Waals surface area (Å²) >= 11 is 6.15. The average Bonchev–Trinajstić information content (AvgIpc) is 3.12. The highest BCUT2D eigenvalue weighted by Crippen LogP contribution is 2.19. The van der Waals surface area contributed by atoms with Crippen LogP contribution in [0.3, 0.4) is 0 Å². The molecule has 0 saturated heterocycles. The summed E-state index contributed by atoms with van der Waals surface area (Å²) in [5.74, 6) is -0.332. The van der Waals surface area contributed by atoms with E-state index in [0.29, 0.717) is 41.5 Å². The van der Waals surface area contributed by atoms with Gasteiger partial charge in [-0.05, 0) is 48.2 Å². The molecule has 1 N–H and O–H groups in total. The number of rotatable bonds is 7. The van der Waals surface area contributed by atoms with E-state index < -0.39 is 11.5 Å². The van der Waals surface area contributed by atoms with Crippen LogP contribution in [0.25, 0.3) is 16.7 Å². The molecular weight excluding hydrogens is 461 g/mol. The number of nitrogens with one attached hydrogen (secondary N) is 1. The van der Waals surface area contributed by atoms with E-state index in [2.05, 4.69) is 10.4 Å². The predicted octanol–water partition coefficient (Wildman–Crippen LogP) is 3.45. The number of halogens is 2. The maximum atomic E-state index is 13.4. The fraction of sp³-hybridized carbons (Fsp3) is 0.333. The second-order valence-corrected chi connectivity index (χ2v) is 9.01. The molecule has 34 heavy (non-hydrogen) atoms. The van der Waals surface area contributed by atoms with Crippen molar-refractivity contribution in [2.45, 2.75) is 40.3 Å². The number of carbonyl (C=O) groups is 1. The minimum atomic E-state index is -0.495. The van der Waals surface area contributed by atoms with E-state index in [0.717, 1.165) is 0 Å². The van der Waals surface area contributed by atoms with Gasteiger partial charge in [-0.2, -0.15) is 0 Å². The molecule has 178 valence electrons. The van der Waals surface area contributed by atoms with Crippen LogP contribution < -0.4 is 16.6 Å². The van der Waals surface area contributed by atoms with Crippen LogP contribution in [0.5, 0.6) is 0 Å². The van der Waals surface area contributed by atoms with Crippen molar-refractivity contribution in [3.05, 3.63) is 79.2 Å². The van der Waals surface area contributed by atoms with Gasteiger partial charge in [-0.25, -0.2) is 18.3 Å². The van der Waals surface area contributed by atoms with Crippen molar-refractivity contribution in [1.82, 2.24) is 24.1 Å². The van der Waals surface area contributed by atoms with E-state index in [-0.39, 0.29) is 34.7 Å². The molecule has 0 unspecified atom stereocenters. The van der Waals surface area contributed by atoms with Crippen molar-refractivity contribution in [1.29, 1.82) is 0 Å². The molecule has 2 aromatic heterocycles. The molecule has 2 heterocycles. The first-order chi connectivity index (χ1) is 16.2. The molecule has 2 aromatic carbocycles. The Kier molecular flexibility index (Phi) is 6.56. The largest absolute Gasteiger partial charge is 0.352 e. The lowest BCUT2D eigenvalue weighted by Crippen LogP contribution is -2.29. The monoisotopic (exact) mass is 485 g/mol. The molecule has 0 saturated carbocycles. The van der Waals surface area contributed by atoms with Gasteiger partial charge >= 0.3 is 5.69 Å². The molecule has 0 radical (unpaired) electrons. The highest BCUT2D eigenvalue weighted by atomic mass is 35.5. The van der Waals surface area contributed by atoms with Crippen LogP contribution in [-0.2, 0) is 13.1 Å². The van der Waals surface area contributed by atoms with Crippen molar-refractivity contribution < 1.29 is 9.18 Å². The Morgan fingerprint density at radius 3 is 2.62 bits per heavy atom. The standard InChI is InChI=1S/C24H25ClFN5O3/c1-4-9-29-22(33)18-8-6-15(21(32)27-12-14(2)3)10-20(18)31-23(29)28-30(24(31)34)13-16-5-7-17(26)11-19(16)25/h5-8,10-11,14H,4,9,12-13H2,1-3H3,(H,27,32). The second-order valence-electron chi connectivity index (χ2n) is 8.60. The SMILES string of the molecule is CCCn1c(=O)c2ccc(C(=O)NCC(C)C)cc2n2c(=O)n(Cc3ccc(F)cc3Cl)nc12. The van der Waals surface area contributed by atoms with Crippen LogP contribution in [0, 0.1) is 11.7 Å². The second kappa shape index (κ2) is 9.42. The zero-order chi connectivity index (χ0) is 24.6. The Balaban J connectivity index is 1.93. The number of hydrogen-bond donors (Lipinski definition) is 1. The van der Waals surface area contributed by atoms with Crippen molar-refractivity contribution in [3.8, 4) is 0 Å². The van der Waals surface area contributed by atoms with Crippen LogP contribution in [0.2, 0.25) is 5.02 Å². The number of benzene rings is 2. The van der Waals surface area contributed by atoms with Crippen LogP contribution in [-0.4, -0.2) is 31.2 Å². The lowest BCUT2D eigenvalue weighted by Gasteiger charge is -2.11. The first-order valence-corrected chi connectivity index (χ1v) is 11.5. The summed E-state index contributed by atoms with van der Waals surface area (Å²) in [7, 11) is 0. The first kappa shape index (κ1) is 23.7. The molecule has 0 aliphatic heterocycles. The van der Waals surface area contributed by atoms with E-state index in [1.807, 2.05) is 20.8 Å². The summed E-state index contributed by atoms with van der Waals surface area (Å²) in [6.07, 6.45) is 0.654. The zero-order valence-electron chi connectivity index (χ0n) is 19.1. The summed E-state index contributed by atoms with van der Waals surface area (Å²) < 4.78 is 17.4. The molecule has 1 amide bonds. The number of carbonyl (C=O) groups excluding carboxylic acids is 1. The number of aryl methyl sites for hydroxylation is 1. The third-order valence-electron chi connectivity index (χ3n) is 5.49. The Labute approximate surface area is 199 Å². The summed E-state index contributed by atoms with van der Waals surface area (Å²) in [6, 6.07) is 8.59. The highest BCUT2D eigenvalue weighted by Gasteiger charge is 2.19.